The highest BCUT2D eigenvalue weighted by Crippen LogP contribution is 2.21. The van der Waals surface area contributed by atoms with E-state index in [0.29, 0.717) is 0 Å². The molecule has 3 aromatic rings. The first-order valence-electron chi connectivity index (χ1n) is 7.47. The van der Waals surface area contributed by atoms with Crippen LogP contribution in [-0.4, -0.2) is 16.6 Å². The maximum Gasteiger partial charge on any atom is 0.126 e. The number of aryl methyl sites for hydroxylation is 1. The summed E-state index contributed by atoms with van der Waals surface area (Å²) in [5, 5.41) is 5.98. The van der Waals surface area contributed by atoms with Gasteiger partial charge in [-0.15, -0.1) is 0 Å². The molecule has 0 saturated carbocycles. The van der Waals surface area contributed by atoms with Gasteiger partial charge in [-0.25, -0.2) is 4.98 Å². The molecule has 108 valence electrons. The molecule has 0 radical (unpaired) electrons. The van der Waals surface area contributed by atoms with E-state index in [9.17, 15) is 0 Å². The highest BCUT2D eigenvalue weighted by Gasteiger charge is 2.15. The molecule has 1 unspecified atom stereocenters. The monoisotopic (exact) mass is 279 g/mol. The summed E-state index contributed by atoms with van der Waals surface area (Å²) >= 11 is 0. The van der Waals surface area contributed by atoms with Crippen LogP contribution in [-0.2, 0) is 13.0 Å². The molecular formula is C18H21N3. The number of likely N-dealkylation sites (N-methyl/N-ethyl adjacent to an activating group) is 1. The summed E-state index contributed by atoms with van der Waals surface area (Å²) in [7, 11) is 2.00. The number of rotatable bonds is 5. The molecule has 3 nitrogen and oxygen atoms in total. The molecular weight excluding hydrogens is 258 g/mol. The number of hydrogen-bond acceptors (Lipinski definition) is 2. The van der Waals surface area contributed by atoms with Gasteiger partial charge in [-0.05, 0) is 36.7 Å². The van der Waals surface area contributed by atoms with Crippen molar-refractivity contribution in [3.8, 4) is 0 Å². The van der Waals surface area contributed by atoms with Crippen LogP contribution in [0.2, 0.25) is 0 Å². The van der Waals surface area contributed by atoms with Crippen LogP contribution in [0.4, 0.5) is 0 Å². The summed E-state index contributed by atoms with van der Waals surface area (Å²) in [6.07, 6.45) is 4.86. The Balaban J connectivity index is 1.88. The van der Waals surface area contributed by atoms with Crippen LogP contribution in [0.15, 0.2) is 54.9 Å². The zero-order valence-corrected chi connectivity index (χ0v) is 12.6. The van der Waals surface area contributed by atoms with Crippen LogP contribution < -0.4 is 5.32 Å². The lowest BCUT2D eigenvalue weighted by Crippen LogP contribution is -2.22. The second-order valence-corrected chi connectivity index (χ2v) is 5.30. The molecule has 1 N–H and O–H groups in total. The third-order valence-corrected chi connectivity index (χ3v) is 4.00. The standard InChI is InChI=1S/C18H21N3/c1-3-21-11-10-20-18(21)17(19-2)13-14-8-9-15-6-4-5-7-16(15)12-14/h4-12,17,19H,3,13H2,1-2H3. The summed E-state index contributed by atoms with van der Waals surface area (Å²) < 4.78 is 2.20. The van der Waals surface area contributed by atoms with Crippen LogP contribution in [0.25, 0.3) is 10.8 Å². The van der Waals surface area contributed by atoms with Crippen LogP contribution >= 0.6 is 0 Å². The number of nitrogens with zero attached hydrogens (tertiary/aromatic N) is 2. The van der Waals surface area contributed by atoms with Crippen molar-refractivity contribution >= 4 is 10.8 Å². The fourth-order valence-corrected chi connectivity index (χ4v) is 2.82. The smallest absolute Gasteiger partial charge is 0.126 e. The van der Waals surface area contributed by atoms with E-state index in [-0.39, 0.29) is 6.04 Å². The third-order valence-electron chi connectivity index (χ3n) is 4.00. The molecule has 0 spiro atoms. The van der Waals surface area contributed by atoms with Gasteiger partial charge in [0.15, 0.2) is 0 Å². The normalized spacial score (nSPS) is 12.7. The van der Waals surface area contributed by atoms with Gasteiger partial charge < -0.3 is 9.88 Å². The van der Waals surface area contributed by atoms with E-state index >= 15 is 0 Å². The Morgan fingerprint density at radius 3 is 2.71 bits per heavy atom. The topological polar surface area (TPSA) is 29.9 Å². The SMILES string of the molecule is CCn1ccnc1C(Cc1ccc2ccccc2c1)NC. The number of imidazole rings is 1. The summed E-state index contributed by atoms with van der Waals surface area (Å²) in [5.41, 5.74) is 1.33. The Morgan fingerprint density at radius 1 is 1.14 bits per heavy atom. The molecule has 0 bridgehead atoms. The van der Waals surface area contributed by atoms with Gasteiger partial charge in [0.2, 0.25) is 0 Å². The Bertz CT molecular complexity index is 730. The first-order valence-corrected chi connectivity index (χ1v) is 7.47. The predicted octanol–water partition coefficient (Wildman–Crippen LogP) is 3.56. The predicted molar refractivity (Wildman–Crippen MR) is 87.4 cm³/mol. The summed E-state index contributed by atoms with van der Waals surface area (Å²) in [6, 6.07) is 15.4. The van der Waals surface area contributed by atoms with Gasteiger partial charge in [0.05, 0.1) is 6.04 Å². The Hall–Kier alpha value is -2.13. The second kappa shape index (κ2) is 6.10. The van der Waals surface area contributed by atoms with Crippen molar-refractivity contribution in [3.63, 3.8) is 0 Å². The molecule has 3 rings (SSSR count). The lowest BCUT2D eigenvalue weighted by Gasteiger charge is -2.17. The second-order valence-electron chi connectivity index (χ2n) is 5.30. The van der Waals surface area contributed by atoms with Gasteiger partial charge in [-0.2, -0.15) is 0 Å². The minimum absolute atomic E-state index is 0.237. The number of aromatic nitrogens is 2. The number of hydrogen-bond donors (Lipinski definition) is 1. The van der Waals surface area contributed by atoms with Gasteiger partial charge in [-0.1, -0.05) is 42.5 Å². The fraction of sp³-hybridized carbons (Fsp3) is 0.278. The van der Waals surface area contributed by atoms with Crippen molar-refractivity contribution in [2.75, 3.05) is 7.05 Å². The van der Waals surface area contributed by atoms with Crippen molar-refractivity contribution in [2.24, 2.45) is 0 Å². The fourth-order valence-electron chi connectivity index (χ4n) is 2.82. The van der Waals surface area contributed by atoms with E-state index < -0.39 is 0 Å². The minimum atomic E-state index is 0.237. The van der Waals surface area contributed by atoms with Gasteiger partial charge in [0, 0.05) is 18.9 Å². The van der Waals surface area contributed by atoms with Crippen molar-refractivity contribution in [1.82, 2.24) is 14.9 Å². The van der Waals surface area contributed by atoms with E-state index in [1.54, 1.807) is 0 Å². The first kappa shape index (κ1) is 13.8. The van der Waals surface area contributed by atoms with Crippen LogP contribution in [0.3, 0.4) is 0 Å². The molecule has 0 aliphatic carbocycles. The van der Waals surface area contributed by atoms with Crippen molar-refractivity contribution in [2.45, 2.75) is 25.9 Å². The van der Waals surface area contributed by atoms with Gasteiger partial charge in [0.25, 0.3) is 0 Å². The zero-order valence-electron chi connectivity index (χ0n) is 12.6. The van der Waals surface area contributed by atoms with Gasteiger partial charge in [-0.3, -0.25) is 0 Å². The minimum Gasteiger partial charge on any atom is -0.334 e. The zero-order chi connectivity index (χ0) is 14.7. The van der Waals surface area contributed by atoms with E-state index in [1.807, 2.05) is 19.4 Å². The maximum atomic E-state index is 4.52. The van der Waals surface area contributed by atoms with Crippen molar-refractivity contribution in [3.05, 3.63) is 66.2 Å². The van der Waals surface area contributed by atoms with E-state index in [2.05, 4.69) is 64.3 Å². The summed E-state index contributed by atoms with van der Waals surface area (Å²) in [5.74, 6) is 1.10. The molecule has 1 heterocycles. The third kappa shape index (κ3) is 2.83. The lowest BCUT2D eigenvalue weighted by molar-refractivity contribution is 0.523. The van der Waals surface area contributed by atoms with Crippen LogP contribution in [0, 0.1) is 0 Å². The van der Waals surface area contributed by atoms with E-state index in [4.69, 9.17) is 0 Å². The molecule has 0 aliphatic rings. The Morgan fingerprint density at radius 2 is 1.95 bits per heavy atom. The van der Waals surface area contributed by atoms with Crippen molar-refractivity contribution in [1.29, 1.82) is 0 Å². The van der Waals surface area contributed by atoms with Crippen LogP contribution in [0.1, 0.15) is 24.4 Å². The Kier molecular flexibility index (Phi) is 4.02. The number of nitrogens with one attached hydrogen (secondary N) is 1. The molecule has 0 saturated heterocycles. The molecule has 1 aromatic heterocycles. The average Bonchev–Trinajstić information content (AvgIpc) is 3.01. The molecule has 21 heavy (non-hydrogen) atoms. The molecule has 0 amide bonds. The maximum absolute atomic E-state index is 4.52. The molecule has 3 heteroatoms. The van der Waals surface area contributed by atoms with Crippen LogP contribution in [0.5, 0.6) is 0 Å². The van der Waals surface area contributed by atoms with E-state index in [1.165, 1.54) is 16.3 Å². The van der Waals surface area contributed by atoms with Crippen molar-refractivity contribution < 1.29 is 0 Å². The lowest BCUT2D eigenvalue weighted by atomic mass is 10.0. The molecule has 2 aromatic carbocycles. The molecule has 0 fully saturated rings. The summed E-state index contributed by atoms with van der Waals surface area (Å²) in [4.78, 5) is 4.52. The quantitative estimate of drug-likeness (QED) is 0.774. The Labute approximate surface area is 125 Å². The van der Waals surface area contributed by atoms with Gasteiger partial charge >= 0.3 is 0 Å². The molecule has 0 aliphatic heterocycles. The largest absolute Gasteiger partial charge is 0.334 e. The average molecular weight is 279 g/mol. The first-order chi connectivity index (χ1) is 10.3. The van der Waals surface area contributed by atoms with Gasteiger partial charge in [0.1, 0.15) is 5.82 Å². The number of fused-ring (bicyclic) bond motifs is 1. The highest BCUT2D eigenvalue weighted by atomic mass is 15.1. The highest BCUT2D eigenvalue weighted by molar-refractivity contribution is 5.83. The number of benzene rings is 2. The summed E-state index contributed by atoms with van der Waals surface area (Å²) in [6.45, 7) is 3.10. The molecule has 1 atom stereocenters. The van der Waals surface area contributed by atoms with E-state index in [0.717, 1.165) is 18.8 Å².